The first-order valence-corrected chi connectivity index (χ1v) is 8.59. The van der Waals surface area contributed by atoms with E-state index in [2.05, 4.69) is 10.3 Å². The van der Waals surface area contributed by atoms with Crippen LogP contribution < -0.4 is 10.2 Å². The lowest BCUT2D eigenvalue weighted by atomic mass is 10.2. The van der Waals surface area contributed by atoms with Gasteiger partial charge in [0.25, 0.3) is 5.91 Å². The highest BCUT2D eigenvalue weighted by molar-refractivity contribution is 7.14. The number of nitrogens with zero attached hydrogens (tertiary/aromatic N) is 2. The van der Waals surface area contributed by atoms with Gasteiger partial charge < -0.3 is 4.90 Å². The minimum absolute atomic E-state index is 0.171. The van der Waals surface area contributed by atoms with E-state index in [1.165, 1.54) is 11.3 Å². The topological polar surface area (TPSA) is 45.2 Å². The quantitative estimate of drug-likeness (QED) is 0.730. The van der Waals surface area contributed by atoms with Crippen molar-refractivity contribution in [1.29, 1.82) is 0 Å². The molecule has 0 spiro atoms. The highest BCUT2D eigenvalue weighted by Crippen LogP contribution is 2.26. The molecule has 3 aromatic rings. The number of nitrogens with one attached hydrogen (secondary N) is 1. The van der Waals surface area contributed by atoms with Crippen LogP contribution in [0.4, 0.5) is 10.8 Å². The number of hydrogen-bond acceptors (Lipinski definition) is 4. The summed E-state index contributed by atoms with van der Waals surface area (Å²) in [4.78, 5) is 18.8. The molecule has 122 valence electrons. The third-order valence-electron chi connectivity index (χ3n) is 3.49. The minimum atomic E-state index is -0.171. The third kappa shape index (κ3) is 3.75. The van der Waals surface area contributed by atoms with E-state index in [-0.39, 0.29) is 5.91 Å². The second-order valence-corrected chi connectivity index (χ2v) is 6.74. The summed E-state index contributed by atoms with van der Waals surface area (Å²) in [5.41, 5.74) is 3.35. The van der Waals surface area contributed by atoms with Crippen molar-refractivity contribution in [2.24, 2.45) is 0 Å². The molecule has 0 unspecified atom stereocenters. The van der Waals surface area contributed by atoms with Gasteiger partial charge in [-0.1, -0.05) is 29.8 Å². The first-order valence-electron chi connectivity index (χ1n) is 7.33. The van der Waals surface area contributed by atoms with Crippen molar-refractivity contribution in [2.45, 2.75) is 0 Å². The van der Waals surface area contributed by atoms with E-state index < -0.39 is 0 Å². The van der Waals surface area contributed by atoms with Crippen LogP contribution in [-0.2, 0) is 0 Å². The summed E-state index contributed by atoms with van der Waals surface area (Å²) in [7, 11) is 3.88. The molecule has 0 fully saturated rings. The van der Waals surface area contributed by atoms with Gasteiger partial charge in [0.2, 0.25) is 0 Å². The normalized spacial score (nSPS) is 10.5. The fourth-order valence-electron chi connectivity index (χ4n) is 2.18. The Labute approximate surface area is 149 Å². The molecule has 0 aliphatic rings. The fourth-order valence-corrected chi connectivity index (χ4v) is 3.02. The van der Waals surface area contributed by atoms with Gasteiger partial charge in [-0.2, -0.15) is 0 Å². The Kier molecular flexibility index (Phi) is 4.83. The monoisotopic (exact) mass is 357 g/mol. The predicted molar refractivity (Wildman–Crippen MR) is 101 cm³/mol. The lowest BCUT2D eigenvalue weighted by Crippen LogP contribution is -2.14. The smallest absolute Gasteiger partial charge is 0.257 e. The molecule has 0 radical (unpaired) electrons. The average molecular weight is 358 g/mol. The molecule has 1 aromatic heterocycles. The van der Waals surface area contributed by atoms with Crippen LogP contribution in [0.25, 0.3) is 11.3 Å². The van der Waals surface area contributed by atoms with E-state index in [1.54, 1.807) is 6.07 Å². The molecule has 4 nitrogen and oxygen atoms in total. The lowest BCUT2D eigenvalue weighted by Gasteiger charge is -2.13. The maximum absolute atomic E-state index is 12.4. The van der Waals surface area contributed by atoms with Gasteiger partial charge >= 0.3 is 0 Å². The molecule has 1 heterocycles. The second kappa shape index (κ2) is 7.03. The van der Waals surface area contributed by atoms with Crippen LogP contribution in [0.1, 0.15) is 10.4 Å². The predicted octanol–water partition coefficient (Wildman–Crippen LogP) is 4.78. The number of anilines is 2. The van der Waals surface area contributed by atoms with E-state index in [9.17, 15) is 4.79 Å². The maximum atomic E-state index is 12.4. The molecule has 1 N–H and O–H groups in total. The molecular formula is C18H16ClN3OS. The first-order chi connectivity index (χ1) is 11.5. The van der Waals surface area contributed by atoms with Gasteiger partial charge in [-0.05, 0) is 30.3 Å². The summed E-state index contributed by atoms with van der Waals surface area (Å²) in [6.45, 7) is 0. The molecule has 0 bridgehead atoms. The van der Waals surface area contributed by atoms with Crippen molar-refractivity contribution >= 4 is 39.7 Å². The van der Waals surface area contributed by atoms with Crippen LogP contribution in [0.5, 0.6) is 0 Å². The Balaban J connectivity index is 1.76. The molecule has 24 heavy (non-hydrogen) atoms. The average Bonchev–Trinajstić information content (AvgIpc) is 3.04. The second-order valence-electron chi connectivity index (χ2n) is 5.44. The molecule has 0 aliphatic carbocycles. The Hall–Kier alpha value is -2.37. The zero-order valence-electron chi connectivity index (χ0n) is 13.3. The molecule has 0 saturated heterocycles. The van der Waals surface area contributed by atoms with E-state index in [4.69, 9.17) is 11.6 Å². The molecule has 1 amide bonds. The SMILES string of the molecule is CN(C)c1cccc(C(=O)Nc2nc(-c3ccc(Cl)cc3)cs2)c1. The molecule has 0 atom stereocenters. The number of carbonyl (C=O) groups excluding carboxylic acids is 1. The van der Waals surface area contributed by atoms with Gasteiger partial charge in [0, 0.05) is 41.3 Å². The van der Waals surface area contributed by atoms with Crippen LogP contribution in [0.15, 0.2) is 53.9 Å². The molecule has 6 heteroatoms. The minimum Gasteiger partial charge on any atom is -0.378 e. The van der Waals surface area contributed by atoms with Crippen LogP contribution in [0.2, 0.25) is 5.02 Å². The van der Waals surface area contributed by atoms with E-state index in [0.29, 0.717) is 15.7 Å². The van der Waals surface area contributed by atoms with E-state index in [1.807, 2.05) is 66.8 Å². The number of aromatic nitrogens is 1. The van der Waals surface area contributed by atoms with Crippen molar-refractivity contribution in [1.82, 2.24) is 4.98 Å². The van der Waals surface area contributed by atoms with Crippen molar-refractivity contribution in [3.8, 4) is 11.3 Å². The summed E-state index contributed by atoms with van der Waals surface area (Å²) in [6.07, 6.45) is 0. The third-order valence-corrected chi connectivity index (χ3v) is 4.50. The van der Waals surface area contributed by atoms with Crippen LogP contribution in [-0.4, -0.2) is 25.0 Å². The molecule has 0 aliphatic heterocycles. The van der Waals surface area contributed by atoms with Crippen molar-refractivity contribution in [3.05, 3.63) is 64.5 Å². The van der Waals surface area contributed by atoms with E-state index in [0.717, 1.165) is 16.9 Å². The number of halogens is 1. The van der Waals surface area contributed by atoms with Gasteiger partial charge in [0.1, 0.15) is 0 Å². The van der Waals surface area contributed by atoms with Gasteiger partial charge in [-0.15, -0.1) is 11.3 Å². The summed E-state index contributed by atoms with van der Waals surface area (Å²) in [5.74, 6) is -0.171. The van der Waals surface area contributed by atoms with Crippen molar-refractivity contribution < 1.29 is 4.79 Å². The maximum Gasteiger partial charge on any atom is 0.257 e. The highest BCUT2D eigenvalue weighted by atomic mass is 35.5. The van der Waals surface area contributed by atoms with Crippen molar-refractivity contribution in [3.63, 3.8) is 0 Å². The van der Waals surface area contributed by atoms with Crippen LogP contribution in [0, 0.1) is 0 Å². The zero-order chi connectivity index (χ0) is 17.1. The van der Waals surface area contributed by atoms with Gasteiger partial charge in [-0.25, -0.2) is 4.98 Å². The first kappa shape index (κ1) is 16.5. The lowest BCUT2D eigenvalue weighted by molar-refractivity contribution is 0.102. The number of hydrogen-bond donors (Lipinski definition) is 1. The molecule has 3 rings (SSSR count). The van der Waals surface area contributed by atoms with Crippen molar-refractivity contribution in [2.75, 3.05) is 24.3 Å². The summed E-state index contributed by atoms with van der Waals surface area (Å²) < 4.78 is 0. The number of thiazole rings is 1. The fraction of sp³-hybridized carbons (Fsp3) is 0.111. The standard InChI is InChI=1S/C18H16ClN3OS/c1-22(2)15-5-3-4-13(10-15)17(23)21-18-20-16(11-24-18)12-6-8-14(19)9-7-12/h3-11H,1-2H3,(H,20,21,23). The number of benzene rings is 2. The molecule has 2 aromatic carbocycles. The summed E-state index contributed by atoms with van der Waals surface area (Å²) >= 11 is 7.29. The Morgan fingerprint density at radius 1 is 1.17 bits per heavy atom. The van der Waals surface area contributed by atoms with Gasteiger partial charge in [0.15, 0.2) is 5.13 Å². The Morgan fingerprint density at radius 3 is 2.62 bits per heavy atom. The zero-order valence-corrected chi connectivity index (χ0v) is 14.9. The van der Waals surface area contributed by atoms with Crippen LogP contribution in [0.3, 0.4) is 0 Å². The van der Waals surface area contributed by atoms with Crippen LogP contribution >= 0.6 is 22.9 Å². The Morgan fingerprint density at radius 2 is 1.92 bits per heavy atom. The molecular weight excluding hydrogens is 342 g/mol. The summed E-state index contributed by atoms with van der Waals surface area (Å²) in [5, 5.41) is 6.01. The summed E-state index contributed by atoms with van der Waals surface area (Å²) in [6, 6.07) is 14.9. The number of carbonyl (C=O) groups is 1. The molecule has 0 saturated carbocycles. The number of amides is 1. The van der Waals surface area contributed by atoms with Gasteiger partial charge in [0.05, 0.1) is 5.69 Å². The Bertz CT molecular complexity index is 859. The highest BCUT2D eigenvalue weighted by Gasteiger charge is 2.11. The van der Waals surface area contributed by atoms with Gasteiger partial charge in [-0.3, -0.25) is 10.1 Å². The van der Waals surface area contributed by atoms with E-state index >= 15 is 0 Å². The number of rotatable bonds is 4. The largest absolute Gasteiger partial charge is 0.378 e.